The molecule has 0 aliphatic heterocycles. The molecule has 1 rings (SSSR count). The van der Waals surface area contributed by atoms with E-state index in [2.05, 4.69) is 4.74 Å². The lowest BCUT2D eigenvalue weighted by molar-refractivity contribution is -0.471. The first kappa shape index (κ1) is 27.3. The minimum Gasteiger partial charge on any atom is -0.427 e. The van der Waals surface area contributed by atoms with Crippen molar-refractivity contribution in [2.24, 2.45) is 0 Å². The third-order valence-electron chi connectivity index (χ3n) is 3.43. The lowest BCUT2D eigenvalue weighted by Crippen LogP contribution is -2.74. The first-order valence-electron chi connectivity index (χ1n) is 6.75. The summed E-state index contributed by atoms with van der Waals surface area (Å²) in [5.74, 6) is -51.6. The fourth-order valence-electron chi connectivity index (χ4n) is 1.67. The predicted molar refractivity (Wildman–Crippen MR) is 65.6 cm³/mol. The van der Waals surface area contributed by atoms with Crippen molar-refractivity contribution in [2.45, 2.75) is 47.8 Å². The van der Waals surface area contributed by atoms with Crippen LogP contribution >= 0.6 is 11.3 Å². The van der Waals surface area contributed by atoms with Gasteiger partial charge >= 0.3 is 47.8 Å². The molecule has 0 radical (unpaired) electrons. The highest BCUT2D eigenvalue weighted by atomic mass is 32.1. The molecule has 0 aromatic carbocycles. The zero-order valence-corrected chi connectivity index (χ0v) is 14.3. The molecule has 182 valence electrons. The van der Waals surface area contributed by atoms with Crippen LogP contribution in [0.25, 0.3) is 0 Å². The molecule has 0 atom stereocenters. The number of thiophene rings is 1. The molecule has 31 heavy (non-hydrogen) atoms. The molecular weight excluding hydrogens is 515 g/mol. The van der Waals surface area contributed by atoms with Crippen molar-refractivity contribution < 1.29 is 79.4 Å². The Bertz CT molecular complexity index is 763. The predicted octanol–water partition coefficient (Wildman–Crippen LogP) is 7.09. The van der Waals surface area contributed by atoms with Gasteiger partial charge < -0.3 is 4.74 Å². The fourth-order valence-corrected chi connectivity index (χ4v) is 2.22. The van der Waals surface area contributed by atoms with E-state index >= 15 is 0 Å². The molecule has 0 bridgehead atoms. The molecule has 0 amide bonds. The molecule has 1 aromatic rings. The van der Waals surface area contributed by atoms with Gasteiger partial charge in [-0.25, -0.2) is 0 Å². The van der Waals surface area contributed by atoms with Gasteiger partial charge in [0.15, 0.2) is 0 Å². The maximum atomic E-state index is 13.4. The Hall–Kier alpha value is -1.69. The van der Waals surface area contributed by atoms with Gasteiger partial charge in [0.2, 0.25) is 0 Å². The molecular formula is C12H3F17OS. The van der Waals surface area contributed by atoms with Gasteiger partial charge in [0.05, 0.1) is 0 Å². The van der Waals surface area contributed by atoms with Crippen LogP contribution in [0, 0.1) is 0 Å². The number of hydrogen-bond donors (Lipinski definition) is 0. The van der Waals surface area contributed by atoms with Crippen molar-refractivity contribution in [3.63, 3.8) is 0 Å². The highest BCUT2D eigenvalue weighted by Crippen LogP contribution is 2.63. The summed E-state index contributed by atoms with van der Waals surface area (Å²) in [6.45, 7) is 0. The second kappa shape index (κ2) is 7.16. The number of rotatable bonds is 8. The SMILES string of the molecule is FC(F)(F)C(F)(F)C(F)(F)C(F)(F)C(F)(F)C(F)(F)C(F)(F)C(F)(F)Oc1ccsc1. The average Bonchev–Trinajstić information content (AvgIpc) is 3.04. The van der Waals surface area contributed by atoms with E-state index in [4.69, 9.17) is 0 Å². The normalized spacial score (nSPS) is 15.9. The fraction of sp³-hybridized carbons (Fsp3) is 0.667. The molecule has 0 aliphatic rings. The lowest BCUT2D eigenvalue weighted by Gasteiger charge is -2.42. The average molecular weight is 518 g/mol. The van der Waals surface area contributed by atoms with Crippen molar-refractivity contribution in [1.82, 2.24) is 0 Å². The summed E-state index contributed by atoms with van der Waals surface area (Å²) in [5, 5.41) is 1.14. The minimum absolute atomic E-state index is 0.345. The van der Waals surface area contributed by atoms with Crippen LogP contribution in [0.2, 0.25) is 0 Å². The van der Waals surface area contributed by atoms with Crippen LogP contribution in [0.4, 0.5) is 74.6 Å². The van der Waals surface area contributed by atoms with Crippen LogP contribution in [-0.4, -0.2) is 47.8 Å². The molecule has 0 spiro atoms. The van der Waals surface area contributed by atoms with Gasteiger partial charge in [-0.3, -0.25) is 0 Å². The van der Waals surface area contributed by atoms with Crippen LogP contribution < -0.4 is 4.74 Å². The Labute approximate surface area is 162 Å². The summed E-state index contributed by atoms with van der Waals surface area (Å²) in [5.41, 5.74) is 0. The van der Waals surface area contributed by atoms with E-state index in [-0.39, 0.29) is 0 Å². The third-order valence-corrected chi connectivity index (χ3v) is 4.10. The molecule has 0 saturated carbocycles. The topological polar surface area (TPSA) is 9.23 Å². The van der Waals surface area contributed by atoms with Gasteiger partial charge in [-0.05, 0) is 11.4 Å². The highest BCUT2D eigenvalue weighted by molar-refractivity contribution is 7.08. The third kappa shape index (κ3) is 3.65. The molecule has 0 saturated heterocycles. The summed E-state index contributed by atoms with van der Waals surface area (Å²) in [4.78, 5) is 0. The van der Waals surface area contributed by atoms with Crippen LogP contribution in [0.3, 0.4) is 0 Å². The van der Waals surface area contributed by atoms with E-state index in [1.54, 1.807) is 0 Å². The molecule has 0 unspecified atom stereocenters. The summed E-state index contributed by atoms with van der Waals surface area (Å²) < 4.78 is 223. The van der Waals surface area contributed by atoms with Crippen molar-refractivity contribution in [3.05, 3.63) is 16.8 Å². The van der Waals surface area contributed by atoms with Gasteiger partial charge in [-0.15, -0.1) is 11.3 Å². The number of halogens is 17. The van der Waals surface area contributed by atoms with Gasteiger partial charge in [-0.1, -0.05) is 0 Å². The molecule has 1 nitrogen and oxygen atoms in total. The Morgan fingerprint density at radius 1 is 0.516 bits per heavy atom. The smallest absolute Gasteiger partial charge is 0.427 e. The second-order valence-corrected chi connectivity index (χ2v) is 6.30. The van der Waals surface area contributed by atoms with Gasteiger partial charge in [0, 0.05) is 5.38 Å². The van der Waals surface area contributed by atoms with Gasteiger partial charge in [-0.2, -0.15) is 74.6 Å². The monoisotopic (exact) mass is 518 g/mol. The number of alkyl halides is 17. The maximum Gasteiger partial charge on any atom is 0.471 e. The van der Waals surface area contributed by atoms with E-state index in [1.807, 2.05) is 0 Å². The maximum absolute atomic E-state index is 13.4. The van der Waals surface area contributed by atoms with Crippen LogP contribution in [-0.2, 0) is 0 Å². The zero-order chi connectivity index (χ0) is 25.1. The molecule has 0 N–H and O–H groups in total. The van der Waals surface area contributed by atoms with Gasteiger partial charge in [0.1, 0.15) is 5.75 Å². The lowest BCUT2D eigenvalue weighted by atomic mass is 9.90. The quantitative estimate of drug-likeness (QED) is 0.334. The second-order valence-electron chi connectivity index (χ2n) is 5.52. The van der Waals surface area contributed by atoms with E-state index < -0.39 is 53.6 Å². The standard InChI is InChI=1S/C12H3F17OS/c13-5(14,7(17,18)9(21,22)11(25,26)27)6(15,16)8(19,20)10(23,24)12(28,29)30-4-1-2-31-3-4/h1-3H. The van der Waals surface area contributed by atoms with Crippen molar-refractivity contribution >= 4 is 11.3 Å². The summed E-state index contributed by atoms with van der Waals surface area (Å²) in [6.07, 6.45) is -14.7. The largest absolute Gasteiger partial charge is 0.471 e. The molecule has 1 aromatic heterocycles. The first-order valence-corrected chi connectivity index (χ1v) is 7.70. The van der Waals surface area contributed by atoms with E-state index in [1.165, 1.54) is 0 Å². The van der Waals surface area contributed by atoms with Gasteiger partial charge in [0.25, 0.3) is 0 Å². The molecule has 1 heterocycles. The van der Waals surface area contributed by atoms with E-state index in [0.717, 1.165) is 5.38 Å². The van der Waals surface area contributed by atoms with Crippen LogP contribution in [0.15, 0.2) is 16.8 Å². The molecule has 0 fully saturated rings. The number of ether oxygens (including phenoxy) is 1. The molecule has 19 heteroatoms. The van der Waals surface area contributed by atoms with E-state index in [0.29, 0.717) is 22.8 Å². The van der Waals surface area contributed by atoms with Crippen LogP contribution in [0.1, 0.15) is 0 Å². The number of hydrogen-bond acceptors (Lipinski definition) is 2. The van der Waals surface area contributed by atoms with E-state index in [9.17, 15) is 74.6 Å². The van der Waals surface area contributed by atoms with Crippen LogP contribution in [0.5, 0.6) is 5.75 Å². The van der Waals surface area contributed by atoms with Crippen molar-refractivity contribution in [2.75, 3.05) is 0 Å². The first-order chi connectivity index (χ1) is 13.3. The van der Waals surface area contributed by atoms with Crippen molar-refractivity contribution in [3.8, 4) is 5.75 Å². The summed E-state index contributed by atoms with van der Waals surface area (Å²) in [7, 11) is 0. The Morgan fingerprint density at radius 3 is 1.19 bits per heavy atom. The molecule has 0 aliphatic carbocycles. The Kier molecular flexibility index (Phi) is 6.31. The summed E-state index contributed by atoms with van der Waals surface area (Å²) >= 11 is 0.369. The summed E-state index contributed by atoms with van der Waals surface area (Å²) in [6, 6.07) is 0.345. The Morgan fingerprint density at radius 2 is 0.871 bits per heavy atom. The minimum atomic E-state index is -8.65. The van der Waals surface area contributed by atoms with Crippen molar-refractivity contribution in [1.29, 1.82) is 0 Å². The Balaban J connectivity index is 3.57. The zero-order valence-electron chi connectivity index (χ0n) is 13.5. The highest BCUT2D eigenvalue weighted by Gasteiger charge is 2.95.